The minimum Gasteiger partial charge on any atom is -0.435 e. The van der Waals surface area contributed by atoms with Gasteiger partial charge < -0.3 is 29.1 Å². The molecule has 0 aliphatic rings. The van der Waals surface area contributed by atoms with Crippen molar-refractivity contribution in [3.63, 3.8) is 0 Å². The fourth-order valence-corrected chi connectivity index (χ4v) is 2.77. The Morgan fingerprint density at radius 3 is 2.74 bits per heavy atom. The summed E-state index contributed by atoms with van der Waals surface area (Å²) in [6.45, 7) is 1.32. The molecule has 1 unspecified atom stereocenters. The van der Waals surface area contributed by atoms with E-state index in [9.17, 15) is 9.36 Å². The Kier molecular flexibility index (Phi) is 7.33. The first-order valence-electron chi connectivity index (χ1n) is 7.79. The smallest absolute Gasteiger partial charge is 0.435 e. The van der Waals surface area contributed by atoms with Crippen molar-refractivity contribution < 1.29 is 33.1 Å². The predicted octanol–water partition coefficient (Wildman–Crippen LogP) is 1.42. The molecule has 0 aromatic carbocycles. The number of nitrogens with one attached hydrogen (secondary N) is 1. The molecule has 0 bridgehead atoms. The Labute approximate surface area is 159 Å². The van der Waals surface area contributed by atoms with Crippen molar-refractivity contribution in [1.29, 1.82) is 0 Å². The van der Waals surface area contributed by atoms with E-state index in [-0.39, 0.29) is 31.6 Å². The third kappa shape index (κ3) is 6.29. The maximum atomic E-state index is 11.4. The summed E-state index contributed by atoms with van der Waals surface area (Å²) >= 11 is 5.91. The van der Waals surface area contributed by atoms with Crippen molar-refractivity contribution >= 4 is 42.6 Å². The van der Waals surface area contributed by atoms with Gasteiger partial charge in [-0.05, 0) is 18.5 Å². The lowest BCUT2D eigenvalue weighted by Crippen LogP contribution is -2.23. The Hall–Kier alpha value is -1.98. The van der Waals surface area contributed by atoms with E-state index in [0.29, 0.717) is 17.0 Å². The van der Waals surface area contributed by atoms with Crippen LogP contribution >= 0.6 is 19.4 Å². The number of phosphoric acid groups is 1. The Balaban J connectivity index is 2.20. The molecule has 14 heteroatoms. The van der Waals surface area contributed by atoms with Gasteiger partial charge in [-0.25, -0.2) is 14.3 Å². The molecule has 0 saturated carbocycles. The van der Waals surface area contributed by atoms with Crippen molar-refractivity contribution in [2.24, 2.45) is 5.92 Å². The van der Waals surface area contributed by atoms with Gasteiger partial charge in [-0.1, -0.05) is 0 Å². The van der Waals surface area contributed by atoms with Crippen LogP contribution in [0.2, 0.25) is 5.28 Å². The molecule has 3 N–H and O–H groups in total. The third-order valence-electron chi connectivity index (χ3n) is 3.31. The number of imidazole rings is 1. The van der Waals surface area contributed by atoms with Crippen LogP contribution in [0.5, 0.6) is 0 Å². The molecule has 1 atom stereocenters. The summed E-state index contributed by atoms with van der Waals surface area (Å²) in [6, 6.07) is 0. The first-order valence-corrected chi connectivity index (χ1v) is 9.70. The predicted molar refractivity (Wildman–Crippen MR) is 94.3 cm³/mol. The van der Waals surface area contributed by atoms with Crippen LogP contribution in [0.4, 0.5) is 10.6 Å². The highest BCUT2D eigenvalue weighted by Crippen LogP contribution is 2.36. The van der Waals surface area contributed by atoms with E-state index in [2.05, 4.69) is 29.5 Å². The minimum absolute atomic E-state index is 0.000564. The standard InChI is InChI=1S/C13H19ClN5O7P/c1-3-24-13(20)25-5-8(6-26-27(21,22)23)4-19-7-16-9-10(15-2)17-12(14)18-11(9)19/h7-8H,3-6H2,1-2H3,(H,15,17,18)(H2,21,22,23). The first kappa shape index (κ1) is 21.3. The van der Waals surface area contributed by atoms with E-state index >= 15 is 0 Å². The molecule has 0 aliphatic heterocycles. The number of rotatable bonds is 9. The number of hydrogen-bond donors (Lipinski definition) is 3. The fraction of sp³-hybridized carbons (Fsp3) is 0.538. The molecule has 0 aliphatic carbocycles. The molecule has 2 rings (SSSR count). The molecule has 2 heterocycles. The van der Waals surface area contributed by atoms with Crippen LogP contribution < -0.4 is 5.32 Å². The Morgan fingerprint density at radius 2 is 2.11 bits per heavy atom. The van der Waals surface area contributed by atoms with Crippen LogP contribution in [-0.2, 0) is 25.1 Å². The van der Waals surface area contributed by atoms with E-state index in [1.807, 2.05) is 0 Å². The van der Waals surface area contributed by atoms with Gasteiger partial charge in [0.25, 0.3) is 0 Å². The number of hydrogen-bond acceptors (Lipinski definition) is 9. The highest BCUT2D eigenvalue weighted by Gasteiger charge is 2.22. The van der Waals surface area contributed by atoms with Crippen molar-refractivity contribution in [3.8, 4) is 0 Å². The highest BCUT2D eigenvalue weighted by atomic mass is 35.5. The minimum atomic E-state index is -4.69. The number of aromatic nitrogens is 4. The first-order chi connectivity index (χ1) is 12.7. The molecule has 150 valence electrons. The van der Waals surface area contributed by atoms with Gasteiger partial charge in [-0.15, -0.1) is 0 Å². The zero-order valence-electron chi connectivity index (χ0n) is 14.5. The number of carbonyl (C=O) groups is 1. The number of phosphoric ester groups is 1. The molecular formula is C13H19ClN5O7P. The van der Waals surface area contributed by atoms with Crippen molar-refractivity contribution in [2.75, 3.05) is 32.2 Å². The molecule has 0 radical (unpaired) electrons. The zero-order valence-corrected chi connectivity index (χ0v) is 16.2. The Bertz CT molecular complexity index is 842. The van der Waals surface area contributed by atoms with Gasteiger partial charge in [0.05, 0.1) is 19.5 Å². The lowest BCUT2D eigenvalue weighted by molar-refractivity contribution is 0.0361. The summed E-state index contributed by atoms with van der Waals surface area (Å²) in [5.41, 5.74) is 0.861. The highest BCUT2D eigenvalue weighted by molar-refractivity contribution is 7.46. The van der Waals surface area contributed by atoms with Crippen LogP contribution in [0.15, 0.2) is 6.33 Å². The monoisotopic (exact) mass is 423 g/mol. The number of nitrogens with zero attached hydrogens (tertiary/aromatic N) is 4. The maximum Gasteiger partial charge on any atom is 0.508 e. The number of carbonyl (C=O) groups excluding carboxylic acids is 1. The second kappa shape index (κ2) is 9.29. The van der Waals surface area contributed by atoms with Crippen LogP contribution in [-0.4, -0.2) is 62.3 Å². The summed E-state index contributed by atoms with van der Waals surface area (Å²) in [4.78, 5) is 41.6. The molecule has 0 fully saturated rings. The second-order valence-corrected chi connectivity index (χ2v) is 6.88. The summed E-state index contributed by atoms with van der Waals surface area (Å²) < 4.78 is 26.7. The van der Waals surface area contributed by atoms with Crippen LogP contribution in [0.25, 0.3) is 11.2 Å². The molecule has 27 heavy (non-hydrogen) atoms. The molecule has 0 saturated heterocycles. The molecule has 2 aromatic rings. The average molecular weight is 424 g/mol. The molecule has 0 spiro atoms. The summed E-state index contributed by atoms with van der Waals surface area (Å²) in [7, 11) is -3.04. The quantitative estimate of drug-likeness (QED) is 0.304. The van der Waals surface area contributed by atoms with Gasteiger partial charge in [0.1, 0.15) is 6.61 Å². The van der Waals surface area contributed by atoms with E-state index in [0.717, 1.165) is 0 Å². The molecule has 0 amide bonds. The number of halogens is 1. The molecule has 12 nitrogen and oxygen atoms in total. The summed E-state index contributed by atoms with van der Waals surface area (Å²) in [5.74, 6) is -0.194. The van der Waals surface area contributed by atoms with Gasteiger partial charge in [0.2, 0.25) is 5.28 Å². The lowest BCUT2D eigenvalue weighted by atomic mass is 10.2. The third-order valence-corrected chi connectivity index (χ3v) is 3.96. The van der Waals surface area contributed by atoms with Gasteiger partial charge in [-0.3, -0.25) is 4.52 Å². The summed E-state index contributed by atoms with van der Waals surface area (Å²) in [5, 5.41) is 2.85. The van der Waals surface area contributed by atoms with Gasteiger partial charge in [0, 0.05) is 19.5 Å². The van der Waals surface area contributed by atoms with Gasteiger partial charge in [-0.2, -0.15) is 9.97 Å². The molecule has 2 aromatic heterocycles. The summed E-state index contributed by atoms with van der Waals surface area (Å²) in [6.07, 6.45) is 0.572. The van der Waals surface area contributed by atoms with E-state index in [4.69, 9.17) is 26.1 Å². The van der Waals surface area contributed by atoms with Crippen molar-refractivity contribution in [1.82, 2.24) is 19.5 Å². The SMILES string of the molecule is CCOC(=O)OCC(COP(=O)(O)O)Cn1cnc2c(NC)nc(Cl)nc21. The largest absolute Gasteiger partial charge is 0.508 e. The van der Waals surface area contributed by atoms with Crippen LogP contribution in [0, 0.1) is 5.92 Å². The van der Waals surface area contributed by atoms with Crippen LogP contribution in [0.1, 0.15) is 6.92 Å². The normalized spacial score (nSPS) is 12.8. The molecular weight excluding hydrogens is 405 g/mol. The van der Waals surface area contributed by atoms with E-state index in [1.165, 1.54) is 6.33 Å². The number of anilines is 1. The van der Waals surface area contributed by atoms with E-state index < -0.39 is 19.9 Å². The van der Waals surface area contributed by atoms with Gasteiger partial charge in [0.15, 0.2) is 17.0 Å². The van der Waals surface area contributed by atoms with Crippen molar-refractivity contribution in [2.45, 2.75) is 13.5 Å². The lowest BCUT2D eigenvalue weighted by Gasteiger charge is -2.18. The van der Waals surface area contributed by atoms with Crippen molar-refractivity contribution in [3.05, 3.63) is 11.6 Å². The zero-order chi connectivity index (χ0) is 20.0. The average Bonchev–Trinajstić information content (AvgIpc) is 2.98. The second-order valence-electron chi connectivity index (χ2n) is 5.31. The van der Waals surface area contributed by atoms with E-state index in [1.54, 1.807) is 18.5 Å². The van der Waals surface area contributed by atoms with Gasteiger partial charge >= 0.3 is 14.0 Å². The number of fused-ring (bicyclic) bond motifs is 1. The van der Waals surface area contributed by atoms with Crippen LogP contribution in [0.3, 0.4) is 0 Å². The fourth-order valence-electron chi connectivity index (χ4n) is 2.21. The Morgan fingerprint density at radius 1 is 1.37 bits per heavy atom. The maximum absolute atomic E-state index is 11.4. The number of ether oxygens (including phenoxy) is 2. The topological polar surface area (TPSA) is 158 Å².